The molecule has 0 radical (unpaired) electrons. The number of rotatable bonds is 4. The third-order valence-corrected chi connectivity index (χ3v) is 4.57. The first-order chi connectivity index (χ1) is 11.1. The van der Waals surface area contributed by atoms with Crippen LogP contribution in [0.25, 0.3) is 0 Å². The summed E-state index contributed by atoms with van der Waals surface area (Å²) >= 11 is 0. The minimum absolute atomic E-state index is 0.165. The van der Waals surface area contributed by atoms with E-state index in [1.54, 1.807) is 37.3 Å². The van der Waals surface area contributed by atoms with Crippen LogP contribution in [-0.2, 0) is 10.0 Å². The van der Waals surface area contributed by atoms with E-state index in [0.717, 1.165) is 5.56 Å². The van der Waals surface area contributed by atoms with Crippen LogP contribution < -0.4 is 14.3 Å². The second kappa shape index (κ2) is 6.29. The molecular formula is C16H16N2O4S. The lowest BCUT2D eigenvalue weighted by molar-refractivity contribution is 0.171. The van der Waals surface area contributed by atoms with Gasteiger partial charge >= 0.3 is 0 Å². The second-order valence-electron chi connectivity index (χ2n) is 4.96. The number of hydrazone groups is 1. The fourth-order valence-corrected chi connectivity index (χ4v) is 2.99. The van der Waals surface area contributed by atoms with Crippen molar-refractivity contribution >= 4 is 15.7 Å². The van der Waals surface area contributed by atoms with Gasteiger partial charge in [-0.1, -0.05) is 18.2 Å². The predicted octanol–water partition coefficient (Wildman–Crippen LogP) is 2.16. The van der Waals surface area contributed by atoms with Crippen LogP contribution in [0.2, 0.25) is 0 Å². The Morgan fingerprint density at radius 2 is 1.74 bits per heavy atom. The van der Waals surface area contributed by atoms with E-state index in [4.69, 9.17) is 9.47 Å². The summed E-state index contributed by atoms with van der Waals surface area (Å²) < 4.78 is 35.2. The van der Waals surface area contributed by atoms with Crippen molar-refractivity contribution in [1.29, 1.82) is 0 Å². The van der Waals surface area contributed by atoms with Gasteiger partial charge in [-0.15, -0.1) is 0 Å². The zero-order valence-corrected chi connectivity index (χ0v) is 13.3. The van der Waals surface area contributed by atoms with Crippen LogP contribution in [0.1, 0.15) is 12.5 Å². The van der Waals surface area contributed by atoms with E-state index in [9.17, 15) is 8.42 Å². The Morgan fingerprint density at radius 1 is 1.04 bits per heavy atom. The van der Waals surface area contributed by atoms with Crippen molar-refractivity contribution < 1.29 is 17.9 Å². The molecule has 0 unspecified atom stereocenters. The zero-order chi connectivity index (χ0) is 16.3. The Labute approximate surface area is 134 Å². The van der Waals surface area contributed by atoms with E-state index in [-0.39, 0.29) is 4.90 Å². The standard InChI is InChI=1S/C16H16N2O4S/c1-12(13-7-8-15-16(11-13)22-10-9-21-15)17-18-23(19,20)14-5-3-2-4-6-14/h2-8,11,18H,9-10H2,1H3/b17-12-. The van der Waals surface area contributed by atoms with Gasteiger partial charge in [0.05, 0.1) is 10.6 Å². The van der Waals surface area contributed by atoms with E-state index >= 15 is 0 Å². The zero-order valence-electron chi connectivity index (χ0n) is 12.5. The molecule has 2 aromatic carbocycles. The summed E-state index contributed by atoms with van der Waals surface area (Å²) in [5.41, 5.74) is 1.28. The van der Waals surface area contributed by atoms with E-state index in [2.05, 4.69) is 9.93 Å². The summed E-state index contributed by atoms with van der Waals surface area (Å²) in [5, 5.41) is 3.97. The number of nitrogens with zero attached hydrogens (tertiary/aromatic N) is 1. The molecule has 0 saturated carbocycles. The van der Waals surface area contributed by atoms with Crippen molar-refractivity contribution in [2.45, 2.75) is 11.8 Å². The van der Waals surface area contributed by atoms with E-state index in [0.29, 0.717) is 30.4 Å². The Bertz CT molecular complexity index is 832. The molecule has 0 fully saturated rings. The normalized spacial score (nSPS) is 14.4. The highest BCUT2D eigenvalue weighted by Gasteiger charge is 2.14. The number of sulfonamides is 1. The molecule has 0 saturated heterocycles. The van der Waals surface area contributed by atoms with Crippen LogP contribution in [0.5, 0.6) is 11.5 Å². The van der Waals surface area contributed by atoms with Crippen LogP contribution in [0.4, 0.5) is 0 Å². The number of hydrogen-bond donors (Lipinski definition) is 1. The molecule has 7 heteroatoms. The van der Waals surface area contributed by atoms with E-state index in [1.807, 2.05) is 6.07 Å². The van der Waals surface area contributed by atoms with Crippen LogP contribution in [0.3, 0.4) is 0 Å². The number of benzene rings is 2. The Morgan fingerprint density at radius 3 is 2.48 bits per heavy atom. The van der Waals surface area contributed by atoms with Gasteiger partial charge in [-0.2, -0.15) is 18.4 Å². The molecule has 1 aliphatic rings. The van der Waals surface area contributed by atoms with Crippen LogP contribution in [-0.4, -0.2) is 27.3 Å². The van der Waals surface area contributed by atoms with Crippen molar-refractivity contribution in [3.63, 3.8) is 0 Å². The summed E-state index contributed by atoms with van der Waals surface area (Å²) in [6, 6.07) is 13.5. The first-order valence-electron chi connectivity index (χ1n) is 7.07. The maximum absolute atomic E-state index is 12.1. The first kappa shape index (κ1) is 15.4. The monoisotopic (exact) mass is 332 g/mol. The molecule has 3 rings (SSSR count). The van der Waals surface area contributed by atoms with Gasteiger partial charge in [-0.05, 0) is 37.3 Å². The molecule has 1 heterocycles. The van der Waals surface area contributed by atoms with Crippen LogP contribution in [0.15, 0.2) is 58.5 Å². The van der Waals surface area contributed by atoms with Gasteiger partial charge < -0.3 is 9.47 Å². The van der Waals surface area contributed by atoms with Crippen molar-refractivity contribution in [3.05, 3.63) is 54.1 Å². The highest BCUT2D eigenvalue weighted by atomic mass is 32.2. The highest BCUT2D eigenvalue weighted by Crippen LogP contribution is 2.30. The third kappa shape index (κ3) is 3.45. The van der Waals surface area contributed by atoms with Crippen LogP contribution in [0, 0.1) is 0 Å². The van der Waals surface area contributed by atoms with Crippen LogP contribution >= 0.6 is 0 Å². The van der Waals surface area contributed by atoms with Gasteiger partial charge in [0.15, 0.2) is 11.5 Å². The molecule has 0 aromatic heterocycles. The quantitative estimate of drug-likeness (QED) is 0.687. The Kier molecular flexibility index (Phi) is 4.20. The van der Waals surface area contributed by atoms with Crippen molar-refractivity contribution in [1.82, 2.24) is 4.83 Å². The average Bonchev–Trinajstić information content (AvgIpc) is 2.60. The van der Waals surface area contributed by atoms with Gasteiger partial charge in [-0.25, -0.2) is 0 Å². The SMILES string of the molecule is C/C(=N/NS(=O)(=O)c1ccccc1)c1ccc2c(c1)OCCO2. The number of hydrogen-bond acceptors (Lipinski definition) is 5. The largest absolute Gasteiger partial charge is 0.486 e. The molecule has 1 aliphatic heterocycles. The maximum Gasteiger partial charge on any atom is 0.276 e. The molecule has 0 bridgehead atoms. The minimum Gasteiger partial charge on any atom is -0.486 e. The molecule has 120 valence electrons. The van der Waals surface area contributed by atoms with Crippen molar-refractivity contribution in [3.8, 4) is 11.5 Å². The molecule has 2 aromatic rings. The number of ether oxygens (including phenoxy) is 2. The van der Waals surface area contributed by atoms with Gasteiger partial charge in [0.1, 0.15) is 13.2 Å². The molecule has 0 amide bonds. The molecular weight excluding hydrogens is 316 g/mol. The van der Waals surface area contributed by atoms with Crippen molar-refractivity contribution in [2.75, 3.05) is 13.2 Å². The molecule has 1 N–H and O–H groups in total. The fourth-order valence-electron chi connectivity index (χ4n) is 2.11. The molecule has 23 heavy (non-hydrogen) atoms. The number of nitrogens with one attached hydrogen (secondary N) is 1. The summed E-state index contributed by atoms with van der Waals surface area (Å²) in [7, 11) is -3.67. The lowest BCUT2D eigenvalue weighted by Gasteiger charge is -2.18. The topological polar surface area (TPSA) is 77.0 Å². The molecule has 0 spiro atoms. The van der Waals surface area contributed by atoms with E-state index < -0.39 is 10.0 Å². The Hall–Kier alpha value is -2.54. The minimum atomic E-state index is -3.67. The summed E-state index contributed by atoms with van der Waals surface area (Å²) in [4.78, 5) is 2.41. The van der Waals surface area contributed by atoms with E-state index in [1.165, 1.54) is 12.1 Å². The lowest BCUT2D eigenvalue weighted by Crippen LogP contribution is -2.20. The average molecular weight is 332 g/mol. The van der Waals surface area contributed by atoms with Gasteiger partial charge in [0.25, 0.3) is 10.0 Å². The molecule has 6 nitrogen and oxygen atoms in total. The third-order valence-electron chi connectivity index (χ3n) is 3.35. The van der Waals surface area contributed by atoms with Gasteiger partial charge in [0.2, 0.25) is 0 Å². The number of fused-ring (bicyclic) bond motifs is 1. The second-order valence-corrected chi connectivity index (χ2v) is 6.62. The summed E-state index contributed by atoms with van der Waals surface area (Å²) in [6.45, 7) is 2.74. The van der Waals surface area contributed by atoms with Crippen molar-refractivity contribution in [2.24, 2.45) is 5.10 Å². The molecule has 0 aliphatic carbocycles. The Balaban J connectivity index is 1.80. The predicted molar refractivity (Wildman–Crippen MR) is 86.4 cm³/mol. The highest BCUT2D eigenvalue weighted by molar-refractivity contribution is 7.89. The fraction of sp³-hybridized carbons (Fsp3) is 0.188. The van der Waals surface area contributed by atoms with Gasteiger partial charge in [-0.3, -0.25) is 0 Å². The maximum atomic E-state index is 12.1. The summed E-state index contributed by atoms with van der Waals surface area (Å²) in [6.07, 6.45) is 0. The summed E-state index contributed by atoms with van der Waals surface area (Å²) in [5.74, 6) is 1.31. The molecule has 0 atom stereocenters. The smallest absolute Gasteiger partial charge is 0.276 e. The van der Waals surface area contributed by atoms with Gasteiger partial charge in [0, 0.05) is 5.56 Å². The lowest BCUT2D eigenvalue weighted by atomic mass is 10.1. The first-order valence-corrected chi connectivity index (χ1v) is 8.56.